The summed E-state index contributed by atoms with van der Waals surface area (Å²) in [6.07, 6.45) is 1.45. The number of carbonyl (C=O) groups excluding carboxylic acids is 1. The van der Waals surface area contributed by atoms with Gasteiger partial charge in [-0.25, -0.2) is 4.79 Å². The second-order valence-electron chi connectivity index (χ2n) is 5.98. The number of anilines is 1. The van der Waals surface area contributed by atoms with Crippen molar-refractivity contribution in [3.63, 3.8) is 0 Å². The van der Waals surface area contributed by atoms with Gasteiger partial charge in [0.05, 0.1) is 22.4 Å². The Morgan fingerprint density at radius 2 is 1.86 bits per heavy atom. The number of hydrazone groups is 1. The van der Waals surface area contributed by atoms with E-state index in [2.05, 4.69) is 10.5 Å². The van der Waals surface area contributed by atoms with Crippen molar-refractivity contribution >= 4 is 23.6 Å². The van der Waals surface area contributed by atoms with Gasteiger partial charge in [0.1, 0.15) is 0 Å². The minimum atomic E-state index is -0.654. The van der Waals surface area contributed by atoms with Crippen molar-refractivity contribution in [2.24, 2.45) is 5.10 Å². The lowest BCUT2D eigenvalue weighted by molar-refractivity contribution is -0.385. The fourth-order valence-electron chi connectivity index (χ4n) is 2.47. The van der Waals surface area contributed by atoms with E-state index in [1.807, 2.05) is 43.3 Å². The molecule has 3 rings (SSSR count). The van der Waals surface area contributed by atoms with Crippen molar-refractivity contribution in [3.05, 3.63) is 99.6 Å². The zero-order valence-corrected chi connectivity index (χ0v) is 15.0. The molecule has 140 valence electrons. The van der Waals surface area contributed by atoms with E-state index < -0.39 is 10.9 Å². The molecule has 3 aromatic rings. The van der Waals surface area contributed by atoms with Crippen molar-refractivity contribution < 1.29 is 14.5 Å². The van der Waals surface area contributed by atoms with Gasteiger partial charge in [0, 0.05) is 11.6 Å². The van der Waals surface area contributed by atoms with Gasteiger partial charge in [-0.3, -0.25) is 15.5 Å². The van der Waals surface area contributed by atoms with Gasteiger partial charge < -0.3 is 4.74 Å². The molecule has 0 saturated heterocycles. The number of aryl methyl sites for hydroxylation is 1. The predicted molar refractivity (Wildman–Crippen MR) is 107 cm³/mol. The molecule has 28 heavy (non-hydrogen) atoms. The fourth-order valence-corrected chi connectivity index (χ4v) is 2.47. The van der Waals surface area contributed by atoms with Gasteiger partial charge in [-0.2, -0.15) is 5.10 Å². The van der Waals surface area contributed by atoms with E-state index in [9.17, 15) is 14.9 Å². The number of rotatable bonds is 6. The van der Waals surface area contributed by atoms with E-state index >= 15 is 0 Å². The van der Waals surface area contributed by atoms with Gasteiger partial charge in [-0.05, 0) is 43.3 Å². The second-order valence-corrected chi connectivity index (χ2v) is 5.98. The minimum absolute atomic E-state index is 0.121. The lowest BCUT2D eigenvalue weighted by Crippen LogP contribution is -2.10. The molecule has 1 N–H and O–H groups in total. The molecule has 7 nitrogen and oxygen atoms in total. The summed E-state index contributed by atoms with van der Waals surface area (Å²) in [5.41, 5.74) is 5.01. The molecule has 7 heteroatoms. The number of nitro benzene ring substituents is 1. The molecular weight excluding hydrogens is 358 g/mol. The van der Waals surface area contributed by atoms with Crippen molar-refractivity contribution in [3.8, 4) is 5.75 Å². The Balaban J connectivity index is 1.77. The zero-order chi connectivity index (χ0) is 19.9. The monoisotopic (exact) mass is 375 g/mol. The molecule has 0 aromatic heterocycles. The number of ether oxygens (including phenoxy) is 1. The first-order chi connectivity index (χ1) is 13.5. The highest BCUT2D eigenvalue weighted by Crippen LogP contribution is 2.28. The number of para-hydroxylation sites is 1. The van der Waals surface area contributed by atoms with E-state index in [4.69, 9.17) is 4.74 Å². The second kappa shape index (κ2) is 8.59. The fraction of sp³-hybridized carbons (Fsp3) is 0.0476. The maximum absolute atomic E-state index is 12.3. The summed E-state index contributed by atoms with van der Waals surface area (Å²) in [7, 11) is 0. The molecule has 0 fully saturated rings. The van der Waals surface area contributed by atoms with Gasteiger partial charge in [0.25, 0.3) is 0 Å². The summed E-state index contributed by atoms with van der Waals surface area (Å²) in [6.45, 7) is 1.84. The Bertz CT molecular complexity index is 1030. The van der Waals surface area contributed by atoms with Crippen LogP contribution in [0.1, 0.15) is 21.5 Å². The third kappa shape index (κ3) is 4.79. The maximum Gasteiger partial charge on any atom is 0.343 e. The lowest BCUT2D eigenvalue weighted by atomic mass is 10.1. The molecule has 3 aromatic carbocycles. The van der Waals surface area contributed by atoms with Crippen LogP contribution in [0.2, 0.25) is 0 Å². The Labute approximate surface area is 161 Å². The summed E-state index contributed by atoms with van der Waals surface area (Å²) in [6, 6.07) is 20.4. The number of hydrogen-bond acceptors (Lipinski definition) is 6. The Morgan fingerprint density at radius 3 is 2.57 bits per heavy atom. The Hall–Kier alpha value is -4.00. The third-order valence-electron chi connectivity index (χ3n) is 3.82. The van der Waals surface area contributed by atoms with Crippen LogP contribution in [0.25, 0.3) is 0 Å². The quantitative estimate of drug-likeness (QED) is 0.224. The van der Waals surface area contributed by atoms with E-state index in [1.54, 1.807) is 24.3 Å². The molecule has 0 unspecified atom stereocenters. The predicted octanol–water partition coefficient (Wildman–Crippen LogP) is 4.57. The first kappa shape index (κ1) is 18.8. The maximum atomic E-state index is 12.3. The first-order valence-corrected chi connectivity index (χ1v) is 8.44. The number of nitro groups is 1. The lowest BCUT2D eigenvalue weighted by Gasteiger charge is -2.06. The molecule has 0 heterocycles. The summed E-state index contributed by atoms with van der Waals surface area (Å²) >= 11 is 0. The number of esters is 1. The summed E-state index contributed by atoms with van der Waals surface area (Å²) in [5.74, 6) is -0.774. The van der Waals surface area contributed by atoms with Crippen LogP contribution in [0.15, 0.2) is 77.9 Å². The molecule has 0 aliphatic carbocycles. The molecule has 0 aliphatic heterocycles. The van der Waals surface area contributed by atoms with E-state index in [0.29, 0.717) is 11.1 Å². The largest absolute Gasteiger partial charge is 0.416 e. The average molecular weight is 375 g/mol. The van der Waals surface area contributed by atoms with Crippen molar-refractivity contribution in [2.45, 2.75) is 6.92 Å². The highest BCUT2D eigenvalue weighted by molar-refractivity contribution is 5.92. The standard InChI is InChI=1S/C21H17N3O4/c1-15-6-5-7-17(12-15)21(25)28-20-11-10-16(13-19(20)24(26)27)14-22-23-18-8-3-2-4-9-18/h2-14,23H,1H3/b22-14+. The number of nitrogens with zero attached hydrogens (tertiary/aromatic N) is 2. The Morgan fingerprint density at radius 1 is 1.07 bits per heavy atom. The zero-order valence-electron chi connectivity index (χ0n) is 15.0. The van der Waals surface area contributed by atoms with Crippen LogP contribution in [0, 0.1) is 17.0 Å². The van der Waals surface area contributed by atoms with Crippen LogP contribution >= 0.6 is 0 Å². The third-order valence-corrected chi connectivity index (χ3v) is 3.82. The highest BCUT2D eigenvalue weighted by atomic mass is 16.6. The number of carbonyl (C=O) groups is 1. The van der Waals surface area contributed by atoms with E-state index in [0.717, 1.165) is 11.3 Å². The molecule has 0 atom stereocenters. The van der Waals surface area contributed by atoms with Crippen LogP contribution < -0.4 is 10.2 Å². The number of hydrogen-bond donors (Lipinski definition) is 1. The SMILES string of the molecule is Cc1cccc(C(=O)Oc2ccc(/C=N/Nc3ccccc3)cc2[N+](=O)[O-])c1. The normalized spacial score (nSPS) is 10.6. The smallest absolute Gasteiger partial charge is 0.343 e. The molecule has 0 spiro atoms. The average Bonchev–Trinajstić information content (AvgIpc) is 2.69. The molecule has 0 bridgehead atoms. The highest BCUT2D eigenvalue weighted by Gasteiger charge is 2.19. The molecule has 0 amide bonds. The van der Waals surface area contributed by atoms with Crippen LogP contribution in [0.5, 0.6) is 5.75 Å². The van der Waals surface area contributed by atoms with Crippen molar-refractivity contribution in [1.82, 2.24) is 0 Å². The minimum Gasteiger partial charge on any atom is -0.416 e. The van der Waals surface area contributed by atoms with Crippen LogP contribution in [-0.4, -0.2) is 17.1 Å². The van der Waals surface area contributed by atoms with Gasteiger partial charge >= 0.3 is 11.7 Å². The van der Waals surface area contributed by atoms with E-state index in [1.165, 1.54) is 18.3 Å². The van der Waals surface area contributed by atoms with Gasteiger partial charge in [0.15, 0.2) is 0 Å². The molecule has 0 radical (unpaired) electrons. The van der Waals surface area contributed by atoms with Gasteiger partial charge in [-0.15, -0.1) is 0 Å². The van der Waals surface area contributed by atoms with Crippen molar-refractivity contribution in [1.29, 1.82) is 0 Å². The number of nitrogens with one attached hydrogen (secondary N) is 1. The van der Waals surface area contributed by atoms with Crippen LogP contribution in [0.3, 0.4) is 0 Å². The number of benzene rings is 3. The first-order valence-electron chi connectivity index (χ1n) is 8.44. The summed E-state index contributed by atoms with van der Waals surface area (Å²) in [5, 5.41) is 15.5. The molecule has 0 saturated carbocycles. The summed E-state index contributed by atoms with van der Waals surface area (Å²) in [4.78, 5) is 23.1. The van der Waals surface area contributed by atoms with Gasteiger partial charge in [-0.1, -0.05) is 35.9 Å². The van der Waals surface area contributed by atoms with Crippen LogP contribution in [0.4, 0.5) is 11.4 Å². The van der Waals surface area contributed by atoms with Gasteiger partial charge in [0.2, 0.25) is 5.75 Å². The van der Waals surface area contributed by atoms with Crippen LogP contribution in [-0.2, 0) is 0 Å². The Kier molecular flexibility index (Phi) is 5.76. The summed E-state index contributed by atoms with van der Waals surface area (Å²) < 4.78 is 5.24. The van der Waals surface area contributed by atoms with E-state index in [-0.39, 0.29) is 11.4 Å². The molecule has 0 aliphatic rings. The molecular formula is C21H17N3O4. The van der Waals surface area contributed by atoms with Crippen molar-refractivity contribution in [2.75, 3.05) is 5.43 Å². The topological polar surface area (TPSA) is 93.8 Å².